The van der Waals surface area contributed by atoms with E-state index in [-0.39, 0.29) is 22.6 Å². The zero-order valence-corrected chi connectivity index (χ0v) is 16.1. The molecule has 8 nitrogen and oxygen atoms in total. The number of fused-ring (bicyclic) bond motifs is 1. The van der Waals surface area contributed by atoms with Gasteiger partial charge in [-0.05, 0) is 24.3 Å². The summed E-state index contributed by atoms with van der Waals surface area (Å²) in [5, 5.41) is 10.8. The number of hydrogen-bond acceptors (Lipinski definition) is 6. The summed E-state index contributed by atoms with van der Waals surface area (Å²) in [4.78, 5) is 50.3. The summed E-state index contributed by atoms with van der Waals surface area (Å²) in [6.45, 7) is -0.517. The first kappa shape index (κ1) is 20.0. The lowest BCUT2D eigenvalue weighted by Gasteiger charge is -2.22. The molecule has 0 bridgehead atoms. The van der Waals surface area contributed by atoms with Gasteiger partial charge in [0.15, 0.2) is 5.78 Å². The smallest absolute Gasteiger partial charge is 0.275 e. The van der Waals surface area contributed by atoms with Gasteiger partial charge in [-0.1, -0.05) is 42.5 Å². The molecule has 1 aliphatic rings. The standard InChI is InChI=1S/C23H16N2O6/c26-19(15-10-12-17(13-11-15)25(29)30)14-24-22(27)18-8-4-5-9-20(18)31-21(23(24)28)16-6-2-1-3-7-16/h1-13,21H,14H2. The van der Waals surface area contributed by atoms with Crippen LogP contribution in [0.1, 0.15) is 32.4 Å². The van der Waals surface area contributed by atoms with Crippen LogP contribution in [0.3, 0.4) is 0 Å². The molecule has 0 saturated carbocycles. The van der Waals surface area contributed by atoms with E-state index in [0.717, 1.165) is 4.90 Å². The minimum Gasteiger partial charge on any atom is -0.475 e. The van der Waals surface area contributed by atoms with Crippen LogP contribution in [-0.4, -0.2) is 34.0 Å². The number of Topliss-reactive ketones (excluding diaryl/α,β-unsaturated/α-hetero) is 1. The number of para-hydroxylation sites is 1. The predicted octanol–water partition coefficient (Wildman–Crippen LogP) is 3.58. The Morgan fingerprint density at radius 2 is 1.58 bits per heavy atom. The SMILES string of the molecule is O=C(CN1C(=O)c2ccccc2OC(c2ccccc2)C1=O)c1ccc([N+](=O)[O-])cc1. The Kier molecular flexibility index (Phi) is 5.28. The highest BCUT2D eigenvalue weighted by atomic mass is 16.6. The lowest BCUT2D eigenvalue weighted by Crippen LogP contribution is -2.42. The molecule has 1 atom stereocenters. The number of amides is 2. The second kappa shape index (κ2) is 8.19. The van der Waals surface area contributed by atoms with Gasteiger partial charge < -0.3 is 4.74 Å². The van der Waals surface area contributed by atoms with Crippen molar-refractivity contribution in [1.29, 1.82) is 0 Å². The van der Waals surface area contributed by atoms with Gasteiger partial charge in [-0.2, -0.15) is 0 Å². The molecule has 154 valence electrons. The molecule has 1 heterocycles. The van der Waals surface area contributed by atoms with Gasteiger partial charge in [0.2, 0.25) is 6.10 Å². The zero-order valence-electron chi connectivity index (χ0n) is 16.1. The van der Waals surface area contributed by atoms with Crippen LogP contribution in [0, 0.1) is 10.1 Å². The minimum absolute atomic E-state index is 0.154. The summed E-state index contributed by atoms with van der Waals surface area (Å²) >= 11 is 0. The molecule has 3 aromatic carbocycles. The molecule has 0 aliphatic carbocycles. The molecule has 4 rings (SSSR count). The summed E-state index contributed by atoms with van der Waals surface area (Å²) in [6.07, 6.45) is -1.10. The van der Waals surface area contributed by atoms with Crippen LogP contribution >= 0.6 is 0 Å². The first-order valence-electron chi connectivity index (χ1n) is 9.39. The topological polar surface area (TPSA) is 107 Å². The Morgan fingerprint density at radius 1 is 0.935 bits per heavy atom. The molecule has 2 amide bonds. The monoisotopic (exact) mass is 416 g/mol. The van der Waals surface area contributed by atoms with Crippen LogP contribution in [0.5, 0.6) is 5.75 Å². The molecule has 3 aromatic rings. The van der Waals surface area contributed by atoms with E-state index in [0.29, 0.717) is 5.56 Å². The summed E-state index contributed by atoms with van der Waals surface area (Å²) in [5.41, 5.74) is 0.710. The molecule has 0 fully saturated rings. The van der Waals surface area contributed by atoms with Crippen LogP contribution in [0.2, 0.25) is 0 Å². The van der Waals surface area contributed by atoms with Crippen LogP contribution in [0.4, 0.5) is 5.69 Å². The highest BCUT2D eigenvalue weighted by Crippen LogP contribution is 2.32. The van der Waals surface area contributed by atoms with Crippen molar-refractivity contribution >= 4 is 23.3 Å². The number of ketones is 1. The number of benzene rings is 3. The van der Waals surface area contributed by atoms with Crippen molar-refractivity contribution in [2.75, 3.05) is 6.54 Å². The summed E-state index contributed by atoms with van der Waals surface area (Å²) in [6, 6.07) is 20.1. The molecule has 1 aliphatic heterocycles. The maximum atomic E-state index is 13.3. The van der Waals surface area contributed by atoms with E-state index in [9.17, 15) is 24.5 Å². The number of ether oxygens (including phenoxy) is 1. The lowest BCUT2D eigenvalue weighted by atomic mass is 10.1. The molecular formula is C23H16N2O6. The van der Waals surface area contributed by atoms with Gasteiger partial charge in [0, 0.05) is 23.3 Å². The summed E-state index contributed by atoms with van der Waals surface area (Å²) in [7, 11) is 0. The Balaban J connectivity index is 1.69. The van der Waals surface area contributed by atoms with Gasteiger partial charge in [-0.15, -0.1) is 0 Å². The molecular weight excluding hydrogens is 400 g/mol. The van der Waals surface area contributed by atoms with E-state index >= 15 is 0 Å². The van der Waals surface area contributed by atoms with Crippen LogP contribution in [0.25, 0.3) is 0 Å². The van der Waals surface area contributed by atoms with E-state index in [1.165, 1.54) is 30.3 Å². The molecule has 0 aromatic heterocycles. The van der Waals surface area contributed by atoms with Crippen LogP contribution in [-0.2, 0) is 4.79 Å². The summed E-state index contributed by atoms with van der Waals surface area (Å²) in [5.74, 6) is -1.58. The van der Waals surface area contributed by atoms with E-state index in [1.807, 2.05) is 0 Å². The maximum Gasteiger partial charge on any atom is 0.275 e. The van der Waals surface area contributed by atoms with Crippen molar-refractivity contribution in [2.45, 2.75) is 6.10 Å². The van der Waals surface area contributed by atoms with Gasteiger partial charge in [-0.25, -0.2) is 0 Å². The molecule has 0 spiro atoms. The Labute approximate surface area is 176 Å². The maximum absolute atomic E-state index is 13.3. The van der Waals surface area contributed by atoms with Crippen LogP contribution in [0.15, 0.2) is 78.9 Å². The fourth-order valence-electron chi connectivity index (χ4n) is 3.30. The Morgan fingerprint density at radius 3 is 2.26 bits per heavy atom. The van der Waals surface area contributed by atoms with E-state index in [4.69, 9.17) is 4.74 Å². The molecule has 0 N–H and O–H groups in total. The second-order valence-electron chi connectivity index (χ2n) is 6.86. The molecule has 1 unspecified atom stereocenters. The number of hydrogen-bond donors (Lipinski definition) is 0. The van der Waals surface area contributed by atoms with Gasteiger partial charge in [-0.3, -0.25) is 29.4 Å². The zero-order chi connectivity index (χ0) is 22.0. The number of non-ortho nitro benzene ring substituents is 1. The number of carbonyl (C=O) groups is 3. The Bertz CT molecular complexity index is 1170. The Hall–Kier alpha value is -4.33. The second-order valence-corrected chi connectivity index (χ2v) is 6.86. The van der Waals surface area contributed by atoms with E-state index in [1.54, 1.807) is 48.5 Å². The van der Waals surface area contributed by atoms with Crippen molar-refractivity contribution in [3.05, 3.63) is 106 Å². The number of rotatable bonds is 5. The quantitative estimate of drug-likeness (QED) is 0.272. The third-order valence-electron chi connectivity index (χ3n) is 4.90. The normalized spacial score (nSPS) is 15.6. The largest absolute Gasteiger partial charge is 0.475 e. The summed E-state index contributed by atoms with van der Waals surface area (Å²) < 4.78 is 5.89. The van der Waals surface area contributed by atoms with Crippen molar-refractivity contribution in [3.8, 4) is 5.75 Å². The highest BCUT2D eigenvalue weighted by Gasteiger charge is 2.38. The number of imide groups is 1. The molecule has 31 heavy (non-hydrogen) atoms. The van der Waals surface area contributed by atoms with Crippen molar-refractivity contribution in [2.24, 2.45) is 0 Å². The third-order valence-corrected chi connectivity index (χ3v) is 4.90. The first-order chi connectivity index (χ1) is 15.0. The van der Waals surface area contributed by atoms with Gasteiger partial charge >= 0.3 is 0 Å². The number of carbonyl (C=O) groups excluding carboxylic acids is 3. The average molecular weight is 416 g/mol. The van der Waals surface area contributed by atoms with Crippen molar-refractivity contribution in [3.63, 3.8) is 0 Å². The van der Waals surface area contributed by atoms with E-state index in [2.05, 4.69) is 0 Å². The molecule has 8 heteroatoms. The first-order valence-corrected chi connectivity index (χ1v) is 9.39. The van der Waals surface area contributed by atoms with Gasteiger partial charge in [0.1, 0.15) is 5.75 Å². The fraction of sp³-hybridized carbons (Fsp3) is 0.0870. The predicted molar refractivity (Wildman–Crippen MR) is 110 cm³/mol. The molecule has 0 radical (unpaired) electrons. The minimum atomic E-state index is -1.10. The molecule has 0 saturated heterocycles. The van der Waals surface area contributed by atoms with Crippen molar-refractivity contribution < 1.29 is 24.0 Å². The van der Waals surface area contributed by atoms with Crippen molar-refractivity contribution in [1.82, 2.24) is 4.90 Å². The highest BCUT2D eigenvalue weighted by molar-refractivity contribution is 6.12. The number of nitro groups is 1. The number of nitro benzene ring substituents is 1. The van der Waals surface area contributed by atoms with E-state index < -0.39 is 35.2 Å². The number of nitrogens with zero attached hydrogens (tertiary/aromatic N) is 2. The average Bonchev–Trinajstić information content (AvgIpc) is 2.90. The van der Waals surface area contributed by atoms with Gasteiger partial charge in [0.05, 0.1) is 17.0 Å². The van der Waals surface area contributed by atoms with Crippen LogP contribution < -0.4 is 4.74 Å². The lowest BCUT2D eigenvalue weighted by molar-refractivity contribution is -0.384. The van der Waals surface area contributed by atoms with Gasteiger partial charge in [0.25, 0.3) is 17.5 Å². The fourth-order valence-corrected chi connectivity index (χ4v) is 3.30. The third kappa shape index (κ3) is 3.91.